The smallest absolute Gasteiger partial charge is 0.0840 e. The molecule has 2 nitrogen and oxygen atoms in total. The highest BCUT2D eigenvalue weighted by atomic mass is 32.2. The largest absolute Gasteiger partial charge is 0.386 e. The van der Waals surface area contributed by atoms with E-state index < -0.39 is 16.4 Å². The lowest BCUT2D eigenvalue weighted by Gasteiger charge is -2.17. The zero-order chi connectivity index (χ0) is 10.8. The minimum Gasteiger partial charge on any atom is -0.386 e. The van der Waals surface area contributed by atoms with Crippen LogP contribution in [0.25, 0.3) is 0 Å². The molecule has 0 aromatic heterocycles. The van der Waals surface area contributed by atoms with E-state index in [2.05, 4.69) is 0 Å². The summed E-state index contributed by atoms with van der Waals surface area (Å²) in [5, 5.41) is 9.70. The highest BCUT2D eigenvalue weighted by molar-refractivity contribution is 7.83. The van der Waals surface area contributed by atoms with Crippen molar-refractivity contribution in [3.63, 3.8) is 0 Å². The molecule has 3 heteroatoms. The summed E-state index contributed by atoms with van der Waals surface area (Å²) < 4.78 is 11.0. The quantitative estimate of drug-likeness (QED) is 0.829. The van der Waals surface area contributed by atoms with Gasteiger partial charge in [0.05, 0.1) is 5.60 Å². The van der Waals surface area contributed by atoms with Gasteiger partial charge in [0.2, 0.25) is 0 Å². The second-order valence-corrected chi connectivity index (χ2v) is 5.41. The number of aliphatic hydroxyl groups is 1. The van der Waals surface area contributed by atoms with Crippen LogP contribution in [-0.4, -0.2) is 15.6 Å². The molecule has 0 aliphatic rings. The first-order valence-electron chi connectivity index (χ1n) is 4.51. The van der Waals surface area contributed by atoms with E-state index in [0.29, 0.717) is 5.75 Å². The van der Waals surface area contributed by atoms with Crippen LogP contribution in [0.5, 0.6) is 0 Å². The molecule has 14 heavy (non-hydrogen) atoms. The normalized spacial score (nSPS) is 14.0. The molecule has 0 saturated carbocycles. The standard InChI is InChI=1S/C11H16O2S/c1-11(2,12)10-6-4-9(5-7-10)8-14(3)13/h4-7,12H,8H2,1-3H3. The first kappa shape index (κ1) is 11.4. The Morgan fingerprint density at radius 2 is 1.79 bits per heavy atom. The molecule has 1 aromatic carbocycles. The average Bonchev–Trinajstić information content (AvgIpc) is 2.02. The maximum atomic E-state index is 11.0. The first-order chi connectivity index (χ1) is 6.39. The van der Waals surface area contributed by atoms with Gasteiger partial charge in [-0.1, -0.05) is 24.3 Å². The Hall–Kier alpha value is -0.670. The van der Waals surface area contributed by atoms with E-state index in [1.54, 1.807) is 20.1 Å². The highest BCUT2D eigenvalue weighted by Gasteiger charge is 2.14. The van der Waals surface area contributed by atoms with Crippen molar-refractivity contribution >= 4 is 10.8 Å². The Morgan fingerprint density at radius 3 is 2.14 bits per heavy atom. The summed E-state index contributed by atoms with van der Waals surface area (Å²) >= 11 is 0. The van der Waals surface area contributed by atoms with Crippen molar-refractivity contribution in [3.8, 4) is 0 Å². The van der Waals surface area contributed by atoms with Crippen molar-refractivity contribution in [2.24, 2.45) is 0 Å². The molecule has 0 fully saturated rings. The zero-order valence-electron chi connectivity index (χ0n) is 8.78. The second kappa shape index (κ2) is 4.24. The number of rotatable bonds is 3. The lowest BCUT2D eigenvalue weighted by Crippen LogP contribution is -2.15. The summed E-state index contributed by atoms with van der Waals surface area (Å²) in [7, 11) is -0.807. The topological polar surface area (TPSA) is 37.3 Å². The van der Waals surface area contributed by atoms with Crippen LogP contribution in [0.1, 0.15) is 25.0 Å². The number of hydrogen-bond acceptors (Lipinski definition) is 2. The van der Waals surface area contributed by atoms with Gasteiger partial charge in [-0.2, -0.15) is 0 Å². The van der Waals surface area contributed by atoms with Crippen LogP contribution in [0, 0.1) is 0 Å². The number of benzene rings is 1. The molecule has 0 aliphatic heterocycles. The van der Waals surface area contributed by atoms with Crippen LogP contribution in [0.3, 0.4) is 0 Å². The van der Waals surface area contributed by atoms with E-state index in [-0.39, 0.29) is 0 Å². The van der Waals surface area contributed by atoms with Crippen LogP contribution >= 0.6 is 0 Å². The lowest BCUT2D eigenvalue weighted by molar-refractivity contribution is 0.0786. The fourth-order valence-electron chi connectivity index (χ4n) is 1.24. The van der Waals surface area contributed by atoms with Gasteiger partial charge in [-0.05, 0) is 25.0 Å². The third-order valence-corrected chi connectivity index (χ3v) is 2.77. The third kappa shape index (κ3) is 3.24. The van der Waals surface area contributed by atoms with Gasteiger partial charge >= 0.3 is 0 Å². The Bertz CT molecular complexity index is 322. The van der Waals surface area contributed by atoms with Gasteiger partial charge in [0, 0.05) is 22.8 Å². The molecule has 1 rings (SSSR count). The van der Waals surface area contributed by atoms with Crippen LogP contribution in [-0.2, 0) is 22.2 Å². The highest BCUT2D eigenvalue weighted by Crippen LogP contribution is 2.19. The van der Waals surface area contributed by atoms with Crippen molar-refractivity contribution in [2.45, 2.75) is 25.2 Å². The molecule has 0 saturated heterocycles. The lowest BCUT2D eigenvalue weighted by atomic mass is 9.98. The van der Waals surface area contributed by atoms with Gasteiger partial charge < -0.3 is 5.11 Å². The van der Waals surface area contributed by atoms with Gasteiger partial charge in [-0.3, -0.25) is 4.21 Å². The van der Waals surface area contributed by atoms with E-state index in [4.69, 9.17) is 0 Å². The second-order valence-electron chi connectivity index (χ2n) is 3.97. The first-order valence-corrected chi connectivity index (χ1v) is 6.24. The summed E-state index contributed by atoms with van der Waals surface area (Å²) in [4.78, 5) is 0. The molecule has 0 aliphatic carbocycles. The minimum atomic E-state index is -0.807. The maximum absolute atomic E-state index is 11.0. The van der Waals surface area contributed by atoms with Gasteiger partial charge in [-0.25, -0.2) is 0 Å². The predicted molar refractivity (Wildman–Crippen MR) is 59.5 cm³/mol. The monoisotopic (exact) mass is 212 g/mol. The van der Waals surface area contributed by atoms with Crippen LogP contribution in [0.4, 0.5) is 0 Å². The molecule has 1 N–H and O–H groups in total. The minimum absolute atomic E-state index is 0.576. The summed E-state index contributed by atoms with van der Waals surface area (Å²) in [5.74, 6) is 0.576. The molecule has 0 radical (unpaired) electrons. The van der Waals surface area contributed by atoms with Crippen molar-refractivity contribution in [2.75, 3.05) is 6.26 Å². The van der Waals surface area contributed by atoms with E-state index >= 15 is 0 Å². The molecule has 1 unspecified atom stereocenters. The fraction of sp³-hybridized carbons (Fsp3) is 0.455. The average molecular weight is 212 g/mol. The Labute approximate surface area is 87.4 Å². The Kier molecular flexibility index (Phi) is 3.45. The van der Waals surface area contributed by atoms with Gasteiger partial charge in [0.15, 0.2) is 0 Å². The molecular formula is C11H16O2S. The molecule has 0 amide bonds. The molecule has 1 atom stereocenters. The molecule has 1 aromatic rings. The summed E-state index contributed by atoms with van der Waals surface area (Å²) in [6.45, 7) is 3.50. The van der Waals surface area contributed by atoms with Crippen molar-refractivity contribution < 1.29 is 9.32 Å². The fourth-order valence-corrected chi connectivity index (χ4v) is 1.91. The van der Waals surface area contributed by atoms with Crippen molar-refractivity contribution in [1.82, 2.24) is 0 Å². The summed E-state index contributed by atoms with van der Waals surface area (Å²) in [5.41, 5.74) is 1.12. The molecule has 0 bridgehead atoms. The molecular weight excluding hydrogens is 196 g/mol. The van der Waals surface area contributed by atoms with Gasteiger partial charge in [-0.15, -0.1) is 0 Å². The Morgan fingerprint density at radius 1 is 1.29 bits per heavy atom. The van der Waals surface area contributed by atoms with Gasteiger partial charge in [0.1, 0.15) is 0 Å². The van der Waals surface area contributed by atoms with Crippen LogP contribution in [0.15, 0.2) is 24.3 Å². The summed E-state index contributed by atoms with van der Waals surface area (Å²) in [6, 6.07) is 7.58. The van der Waals surface area contributed by atoms with Crippen molar-refractivity contribution in [3.05, 3.63) is 35.4 Å². The van der Waals surface area contributed by atoms with E-state index in [9.17, 15) is 9.32 Å². The van der Waals surface area contributed by atoms with E-state index in [0.717, 1.165) is 11.1 Å². The SMILES string of the molecule is CS(=O)Cc1ccc(C(C)(C)O)cc1. The molecule has 78 valence electrons. The van der Waals surface area contributed by atoms with E-state index in [1.807, 2.05) is 24.3 Å². The van der Waals surface area contributed by atoms with Crippen molar-refractivity contribution in [1.29, 1.82) is 0 Å². The van der Waals surface area contributed by atoms with E-state index in [1.165, 1.54) is 0 Å². The predicted octanol–water partition coefficient (Wildman–Crippen LogP) is 1.79. The van der Waals surface area contributed by atoms with Gasteiger partial charge in [0.25, 0.3) is 0 Å². The summed E-state index contributed by atoms with van der Waals surface area (Å²) in [6.07, 6.45) is 1.68. The van der Waals surface area contributed by atoms with Crippen LogP contribution in [0.2, 0.25) is 0 Å². The molecule has 0 spiro atoms. The Balaban J connectivity index is 2.84. The number of hydrogen-bond donors (Lipinski definition) is 1. The van der Waals surface area contributed by atoms with Crippen LogP contribution < -0.4 is 0 Å². The third-order valence-electron chi connectivity index (χ3n) is 2.03. The molecule has 0 heterocycles. The maximum Gasteiger partial charge on any atom is 0.0840 e. The zero-order valence-corrected chi connectivity index (χ0v) is 9.60.